The summed E-state index contributed by atoms with van der Waals surface area (Å²) >= 11 is 0. The fourth-order valence-electron chi connectivity index (χ4n) is 6.66. The predicted molar refractivity (Wildman–Crippen MR) is 139 cm³/mol. The van der Waals surface area contributed by atoms with Gasteiger partial charge in [-0.05, 0) is 117 Å². The van der Waals surface area contributed by atoms with Crippen molar-refractivity contribution in [3.63, 3.8) is 0 Å². The Morgan fingerprint density at radius 3 is 2.18 bits per heavy atom. The first-order chi connectivity index (χ1) is 16.1. The number of hydrogen-bond acceptors (Lipinski definition) is 0. The minimum Gasteiger partial charge on any atom is -0.207 e. The molecule has 2 aromatic carbocycles. The molecule has 2 aromatic rings. The number of benzene rings is 2. The maximum atomic E-state index is 14.6. The molecule has 0 nitrogen and oxygen atoms in total. The van der Waals surface area contributed by atoms with Crippen molar-refractivity contribution in [2.45, 2.75) is 96.3 Å². The van der Waals surface area contributed by atoms with Crippen molar-refractivity contribution in [2.75, 3.05) is 0 Å². The van der Waals surface area contributed by atoms with E-state index in [1.54, 1.807) is 0 Å². The number of halogens is 1. The van der Waals surface area contributed by atoms with Gasteiger partial charge in [-0.3, -0.25) is 0 Å². The van der Waals surface area contributed by atoms with Gasteiger partial charge in [0.1, 0.15) is 5.82 Å². The van der Waals surface area contributed by atoms with E-state index in [9.17, 15) is 4.39 Å². The molecule has 2 aliphatic carbocycles. The Hall–Kier alpha value is -1.89. The van der Waals surface area contributed by atoms with E-state index in [0.29, 0.717) is 11.8 Å². The van der Waals surface area contributed by atoms with Crippen LogP contribution in [0.1, 0.15) is 107 Å². The molecule has 0 aliphatic heterocycles. The molecule has 0 aromatic heterocycles. The highest BCUT2D eigenvalue weighted by atomic mass is 19.1. The van der Waals surface area contributed by atoms with Crippen LogP contribution in [-0.4, -0.2) is 0 Å². The lowest BCUT2D eigenvalue weighted by Crippen LogP contribution is -2.26. The van der Waals surface area contributed by atoms with Crippen LogP contribution >= 0.6 is 0 Å². The normalized spacial score (nSPS) is 27.0. The molecule has 0 bridgehead atoms. The summed E-state index contributed by atoms with van der Waals surface area (Å²) in [6.07, 6.45) is 18.1. The van der Waals surface area contributed by atoms with E-state index in [4.69, 9.17) is 0 Å². The van der Waals surface area contributed by atoms with Gasteiger partial charge in [-0.2, -0.15) is 0 Å². The molecule has 1 heteroatoms. The third-order valence-corrected chi connectivity index (χ3v) is 8.75. The second-order valence-electron chi connectivity index (χ2n) is 10.9. The van der Waals surface area contributed by atoms with Crippen LogP contribution < -0.4 is 0 Å². The second kappa shape index (κ2) is 12.0. The molecule has 0 amide bonds. The van der Waals surface area contributed by atoms with Gasteiger partial charge >= 0.3 is 0 Å². The summed E-state index contributed by atoms with van der Waals surface area (Å²) in [5.74, 6) is 3.98. The average Bonchev–Trinajstić information content (AvgIpc) is 2.86. The Labute approximate surface area is 201 Å². The first-order valence-electron chi connectivity index (χ1n) is 13.6. The van der Waals surface area contributed by atoms with Crippen molar-refractivity contribution in [1.29, 1.82) is 0 Å². The summed E-state index contributed by atoms with van der Waals surface area (Å²) < 4.78 is 14.6. The van der Waals surface area contributed by atoms with Crippen molar-refractivity contribution >= 4 is 0 Å². The maximum Gasteiger partial charge on any atom is 0.126 e. The van der Waals surface area contributed by atoms with E-state index in [1.165, 1.54) is 68.9 Å². The zero-order valence-corrected chi connectivity index (χ0v) is 20.8. The van der Waals surface area contributed by atoms with Crippen LogP contribution in [0.5, 0.6) is 0 Å². The number of rotatable bonds is 8. The maximum absolute atomic E-state index is 14.6. The minimum absolute atomic E-state index is 0.00202. The van der Waals surface area contributed by atoms with Gasteiger partial charge in [-0.1, -0.05) is 74.4 Å². The largest absolute Gasteiger partial charge is 0.207 e. The Morgan fingerprint density at radius 1 is 0.879 bits per heavy atom. The predicted octanol–water partition coefficient (Wildman–Crippen LogP) is 9.61. The van der Waals surface area contributed by atoms with E-state index in [2.05, 4.69) is 49.4 Å². The molecule has 0 spiro atoms. The minimum atomic E-state index is 0.00202. The van der Waals surface area contributed by atoms with Crippen molar-refractivity contribution < 1.29 is 4.39 Å². The summed E-state index contributed by atoms with van der Waals surface area (Å²) in [6, 6.07) is 17.1. The Morgan fingerprint density at radius 2 is 1.55 bits per heavy atom. The topological polar surface area (TPSA) is 0 Å². The molecule has 2 aliphatic rings. The van der Waals surface area contributed by atoms with Crippen molar-refractivity contribution in [3.8, 4) is 0 Å². The lowest BCUT2D eigenvalue weighted by atomic mass is 9.67. The van der Waals surface area contributed by atoms with E-state index in [-0.39, 0.29) is 5.82 Å². The molecular formula is C32H43F. The van der Waals surface area contributed by atoms with Gasteiger partial charge in [0, 0.05) is 0 Å². The molecule has 0 N–H and O–H groups in total. The fourth-order valence-corrected chi connectivity index (χ4v) is 6.66. The van der Waals surface area contributed by atoms with Crippen LogP contribution in [0.3, 0.4) is 0 Å². The number of aryl methyl sites for hydroxylation is 1. The van der Waals surface area contributed by atoms with Crippen LogP contribution in [0.2, 0.25) is 0 Å². The van der Waals surface area contributed by atoms with E-state index in [0.717, 1.165) is 36.2 Å². The number of hydrogen-bond donors (Lipinski definition) is 0. The van der Waals surface area contributed by atoms with Gasteiger partial charge in [0.15, 0.2) is 0 Å². The molecule has 0 radical (unpaired) electrons. The molecule has 2 saturated carbocycles. The quantitative estimate of drug-likeness (QED) is 0.354. The Kier molecular flexibility index (Phi) is 8.82. The van der Waals surface area contributed by atoms with E-state index >= 15 is 0 Å². The summed E-state index contributed by atoms with van der Waals surface area (Å²) in [7, 11) is 0. The summed E-state index contributed by atoms with van der Waals surface area (Å²) in [6.45, 7) is 4.42. The zero-order chi connectivity index (χ0) is 23.0. The van der Waals surface area contributed by atoms with Crippen molar-refractivity contribution in [3.05, 3.63) is 83.2 Å². The average molecular weight is 447 g/mol. The Balaban J connectivity index is 1.22. The highest BCUT2D eigenvalue weighted by Gasteiger charge is 2.32. The molecule has 0 heterocycles. The molecule has 2 fully saturated rings. The standard InChI is InChI=1S/C32H43F/c1-3-4-6-11-30-20-21-31(23-32(30)33)29-18-16-28(17-19-29)27-14-12-25(13-15-27)22-24(2)26-9-7-5-8-10-26/h3-5,7-10,20-21,23-25,27-29H,6,11-19,22H2,1-2H3/t24-,25?,27?,28?,29?/m0/s1. The van der Waals surface area contributed by atoms with Crippen LogP contribution in [-0.2, 0) is 6.42 Å². The molecule has 178 valence electrons. The summed E-state index contributed by atoms with van der Waals surface area (Å²) in [5.41, 5.74) is 3.60. The fraction of sp³-hybridized carbons (Fsp3) is 0.562. The van der Waals surface area contributed by atoms with Crippen molar-refractivity contribution in [2.24, 2.45) is 17.8 Å². The molecule has 0 unspecified atom stereocenters. The monoisotopic (exact) mass is 446 g/mol. The van der Waals surface area contributed by atoms with Crippen LogP contribution in [0.4, 0.5) is 4.39 Å². The van der Waals surface area contributed by atoms with Crippen LogP contribution in [0.15, 0.2) is 60.7 Å². The number of allylic oxidation sites excluding steroid dienone is 2. The van der Waals surface area contributed by atoms with Crippen LogP contribution in [0.25, 0.3) is 0 Å². The first kappa shape index (κ1) is 24.2. The lowest BCUT2D eigenvalue weighted by molar-refractivity contribution is 0.154. The summed E-state index contributed by atoms with van der Waals surface area (Å²) in [4.78, 5) is 0. The molecular weight excluding hydrogens is 403 g/mol. The summed E-state index contributed by atoms with van der Waals surface area (Å²) in [5, 5.41) is 0. The van der Waals surface area contributed by atoms with E-state index < -0.39 is 0 Å². The first-order valence-corrected chi connectivity index (χ1v) is 13.6. The molecule has 33 heavy (non-hydrogen) atoms. The third kappa shape index (κ3) is 6.58. The van der Waals surface area contributed by atoms with Gasteiger partial charge < -0.3 is 0 Å². The smallest absolute Gasteiger partial charge is 0.126 e. The third-order valence-electron chi connectivity index (χ3n) is 8.75. The second-order valence-corrected chi connectivity index (χ2v) is 10.9. The van der Waals surface area contributed by atoms with Gasteiger partial charge in [0.25, 0.3) is 0 Å². The van der Waals surface area contributed by atoms with E-state index in [1.807, 2.05) is 25.1 Å². The van der Waals surface area contributed by atoms with Gasteiger partial charge in [0.05, 0.1) is 0 Å². The Bertz CT molecular complexity index is 867. The van der Waals surface area contributed by atoms with Gasteiger partial charge in [0.2, 0.25) is 0 Å². The van der Waals surface area contributed by atoms with Gasteiger partial charge in [-0.15, -0.1) is 0 Å². The van der Waals surface area contributed by atoms with Crippen molar-refractivity contribution in [1.82, 2.24) is 0 Å². The lowest BCUT2D eigenvalue weighted by Gasteiger charge is -2.38. The zero-order valence-electron chi connectivity index (χ0n) is 20.8. The van der Waals surface area contributed by atoms with Crippen LogP contribution in [0, 0.1) is 23.6 Å². The SMILES string of the molecule is CC=CCCc1ccc(C2CCC(C3CCC(C[C@H](C)c4ccccc4)CC3)CC2)cc1F. The molecule has 0 saturated heterocycles. The highest BCUT2D eigenvalue weighted by molar-refractivity contribution is 5.28. The highest BCUT2D eigenvalue weighted by Crippen LogP contribution is 2.45. The van der Waals surface area contributed by atoms with Gasteiger partial charge in [-0.25, -0.2) is 4.39 Å². The molecule has 4 rings (SSSR count). The molecule has 1 atom stereocenters.